The second-order valence-electron chi connectivity index (χ2n) is 4.66. The van der Waals surface area contributed by atoms with Crippen LogP contribution < -0.4 is 9.47 Å². The van der Waals surface area contributed by atoms with Gasteiger partial charge in [-0.25, -0.2) is 0 Å². The lowest BCUT2D eigenvalue weighted by Crippen LogP contribution is -1.81. The molecule has 0 fully saturated rings. The van der Waals surface area contributed by atoms with Gasteiger partial charge in [0.2, 0.25) is 0 Å². The number of furan rings is 1. The Morgan fingerprint density at radius 1 is 0.810 bits per heavy atom. The highest BCUT2D eigenvalue weighted by Crippen LogP contribution is 2.25. The second-order valence-corrected chi connectivity index (χ2v) is 4.66. The van der Waals surface area contributed by atoms with E-state index in [2.05, 4.69) is 0 Å². The molecule has 3 heteroatoms. The first-order chi connectivity index (χ1) is 10.3. The molecule has 0 aliphatic heterocycles. The van der Waals surface area contributed by atoms with Crippen molar-refractivity contribution in [3.05, 3.63) is 59.9 Å². The molecule has 0 N–H and O–H groups in total. The molecule has 0 bridgehead atoms. The van der Waals surface area contributed by atoms with E-state index in [-0.39, 0.29) is 0 Å². The van der Waals surface area contributed by atoms with Crippen LogP contribution in [0.5, 0.6) is 11.5 Å². The number of hydrogen-bond acceptors (Lipinski definition) is 3. The third-order valence-electron chi connectivity index (χ3n) is 3.30. The maximum absolute atomic E-state index is 5.77. The van der Waals surface area contributed by atoms with E-state index < -0.39 is 0 Å². The zero-order chi connectivity index (χ0) is 14.7. The van der Waals surface area contributed by atoms with Crippen molar-refractivity contribution in [1.29, 1.82) is 0 Å². The maximum atomic E-state index is 5.77. The summed E-state index contributed by atoms with van der Waals surface area (Å²) in [6, 6.07) is 15.6. The molecule has 3 aromatic rings. The predicted molar refractivity (Wildman–Crippen MR) is 84.7 cm³/mol. The van der Waals surface area contributed by atoms with Crippen molar-refractivity contribution >= 4 is 23.1 Å². The second kappa shape index (κ2) is 5.75. The molecular formula is C18H16O3. The summed E-state index contributed by atoms with van der Waals surface area (Å²) in [4.78, 5) is 0. The van der Waals surface area contributed by atoms with E-state index in [0.717, 1.165) is 33.8 Å². The third kappa shape index (κ3) is 2.92. The quantitative estimate of drug-likeness (QED) is 0.698. The van der Waals surface area contributed by atoms with Crippen LogP contribution in [-0.4, -0.2) is 14.2 Å². The van der Waals surface area contributed by atoms with Crippen LogP contribution in [0, 0.1) is 0 Å². The van der Waals surface area contributed by atoms with Crippen LogP contribution >= 0.6 is 0 Å². The van der Waals surface area contributed by atoms with E-state index in [1.54, 1.807) is 14.2 Å². The molecule has 1 heterocycles. The van der Waals surface area contributed by atoms with Gasteiger partial charge in [0.15, 0.2) is 0 Å². The molecule has 0 saturated carbocycles. The largest absolute Gasteiger partial charge is 0.497 e. The fourth-order valence-corrected chi connectivity index (χ4v) is 2.14. The molecular weight excluding hydrogens is 264 g/mol. The van der Waals surface area contributed by atoms with Crippen LogP contribution in [0.25, 0.3) is 23.1 Å². The van der Waals surface area contributed by atoms with Gasteiger partial charge in [0.25, 0.3) is 0 Å². The van der Waals surface area contributed by atoms with Crippen LogP contribution in [0.2, 0.25) is 0 Å². The Hall–Kier alpha value is -2.68. The molecule has 0 spiro atoms. The van der Waals surface area contributed by atoms with E-state index in [9.17, 15) is 0 Å². The van der Waals surface area contributed by atoms with Crippen molar-refractivity contribution in [3.63, 3.8) is 0 Å². The Kier molecular flexibility index (Phi) is 3.65. The van der Waals surface area contributed by atoms with Crippen molar-refractivity contribution < 1.29 is 13.9 Å². The molecule has 0 saturated heterocycles. The van der Waals surface area contributed by atoms with E-state index >= 15 is 0 Å². The molecule has 3 nitrogen and oxygen atoms in total. The minimum absolute atomic E-state index is 0.814. The number of benzene rings is 2. The van der Waals surface area contributed by atoms with E-state index in [1.165, 1.54) is 0 Å². The minimum atomic E-state index is 0.814. The number of hydrogen-bond donors (Lipinski definition) is 0. The van der Waals surface area contributed by atoms with Gasteiger partial charge in [-0.1, -0.05) is 18.2 Å². The number of rotatable bonds is 4. The fraction of sp³-hybridized carbons (Fsp3) is 0.111. The first-order valence-electron chi connectivity index (χ1n) is 6.68. The first-order valence-corrected chi connectivity index (χ1v) is 6.68. The van der Waals surface area contributed by atoms with Crippen molar-refractivity contribution in [1.82, 2.24) is 0 Å². The average molecular weight is 280 g/mol. The SMILES string of the molecule is COc1ccc(/C=C/c2cc3cc(OC)ccc3o2)cc1. The summed E-state index contributed by atoms with van der Waals surface area (Å²) in [6.45, 7) is 0. The zero-order valence-electron chi connectivity index (χ0n) is 12.0. The summed E-state index contributed by atoms with van der Waals surface area (Å²) in [7, 11) is 3.32. The minimum Gasteiger partial charge on any atom is -0.497 e. The molecule has 106 valence electrons. The average Bonchev–Trinajstić information content (AvgIpc) is 2.95. The van der Waals surface area contributed by atoms with Gasteiger partial charge >= 0.3 is 0 Å². The fourth-order valence-electron chi connectivity index (χ4n) is 2.14. The summed E-state index contributed by atoms with van der Waals surface area (Å²) in [5.74, 6) is 2.49. The molecule has 3 rings (SSSR count). The lowest BCUT2D eigenvalue weighted by Gasteiger charge is -1.98. The van der Waals surface area contributed by atoms with E-state index in [1.807, 2.05) is 60.7 Å². The molecule has 1 aromatic heterocycles. The molecule has 2 aromatic carbocycles. The standard InChI is InChI=1S/C18H16O3/c1-19-15-6-3-13(4-7-15)5-8-17-12-14-11-16(20-2)9-10-18(14)21-17/h3-12H,1-2H3/b8-5+. The summed E-state index contributed by atoms with van der Waals surface area (Å²) >= 11 is 0. The highest BCUT2D eigenvalue weighted by atomic mass is 16.5. The van der Waals surface area contributed by atoms with E-state index in [4.69, 9.17) is 13.9 Å². The van der Waals surface area contributed by atoms with Gasteiger partial charge in [-0.2, -0.15) is 0 Å². The van der Waals surface area contributed by atoms with Crippen LogP contribution in [0.4, 0.5) is 0 Å². The van der Waals surface area contributed by atoms with Gasteiger partial charge in [0.1, 0.15) is 22.8 Å². The Bertz CT molecular complexity index is 767. The Balaban J connectivity index is 1.84. The Labute approximate surface area is 123 Å². The molecule has 0 aliphatic rings. The topological polar surface area (TPSA) is 31.6 Å². The highest BCUT2D eigenvalue weighted by molar-refractivity contribution is 5.83. The van der Waals surface area contributed by atoms with Gasteiger partial charge in [-0.3, -0.25) is 0 Å². The monoisotopic (exact) mass is 280 g/mol. The molecule has 0 amide bonds. The highest BCUT2D eigenvalue weighted by Gasteiger charge is 2.02. The normalized spacial score (nSPS) is 11.1. The van der Waals surface area contributed by atoms with Crippen LogP contribution in [-0.2, 0) is 0 Å². The number of methoxy groups -OCH3 is 2. The summed E-state index contributed by atoms with van der Waals surface area (Å²) in [5.41, 5.74) is 1.94. The lowest BCUT2D eigenvalue weighted by molar-refractivity contribution is 0.415. The van der Waals surface area contributed by atoms with Crippen molar-refractivity contribution in [3.8, 4) is 11.5 Å². The van der Waals surface area contributed by atoms with Crippen molar-refractivity contribution in [2.45, 2.75) is 0 Å². The van der Waals surface area contributed by atoms with E-state index in [0.29, 0.717) is 0 Å². The van der Waals surface area contributed by atoms with Gasteiger partial charge < -0.3 is 13.9 Å². The predicted octanol–water partition coefficient (Wildman–Crippen LogP) is 4.62. The summed E-state index contributed by atoms with van der Waals surface area (Å²) < 4.78 is 16.1. The van der Waals surface area contributed by atoms with Crippen LogP contribution in [0.15, 0.2) is 52.9 Å². The first kappa shape index (κ1) is 13.3. The smallest absolute Gasteiger partial charge is 0.135 e. The van der Waals surface area contributed by atoms with Crippen molar-refractivity contribution in [2.75, 3.05) is 14.2 Å². The number of fused-ring (bicyclic) bond motifs is 1. The summed E-state index contributed by atoms with van der Waals surface area (Å²) in [6.07, 6.45) is 3.96. The zero-order valence-corrected chi connectivity index (χ0v) is 12.0. The van der Waals surface area contributed by atoms with Crippen LogP contribution in [0.1, 0.15) is 11.3 Å². The molecule has 0 radical (unpaired) electrons. The van der Waals surface area contributed by atoms with Gasteiger partial charge in [0.05, 0.1) is 14.2 Å². The Morgan fingerprint density at radius 3 is 2.24 bits per heavy atom. The molecule has 0 atom stereocenters. The molecule has 0 aliphatic carbocycles. The van der Waals surface area contributed by atoms with Gasteiger partial charge in [0, 0.05) is 5.39 Å². The van der Waals surface area contributed by atoms with Gasteiger partial charge in [-0.15, -0.1) is 0 Å². The van der Waals surface area contributed by atoms with Crippen molar-refractivity contribution in [2.24, 2.45) is 0 Å². The van der Waals surface area contributed by atoms with Crippen LogP contribution in [0.3, 0.4) is 0 Å². The van der Waals surface area contributed by atoms with Gasteiger partial charge in [-0.05, 0) is 48.0 Å². The molecule has 21 heavy (non-hydrogen) atoms. The third-order valence-corrected chi connectivity index (χ3v) is 3.30. The lowest BCUT2D eigenvalue weighted by atomic mass is 10.2. The maximum Gasteiger partial charge on any atom is 0.135 e. The number of ether oxygens (including phenoxy) is 2. The Morgan fingerprint density at radius 2 is 1.52 bits per heavy atom. The summed E-state index contributed by atoms with van der Waals surface area (Å²) in [5, 5.41) is 1.03. The molecule has 0 unspecified atom stereocenters.